The molecule has 0 spiro atoms. The number of benzene rings is 2. The first kappa shape index (κ1) is 12.4. The molecule has 1 aromatic heterocycles. The molecular formula is C18H18S. The van der Waals surface area contributed by atoms with Gasteiger partial charge in [0.25, 0.3) is 0 Å². The number of thiophene rings is 1. The average Bonchev–Trinajstić information content (AvgIpc) is 2.84. The van der Waals surface area contributed by atoms with Crippen LogP contribution in [0.25, 0.3) is 21.2 Å². The van der Waals surface area contributed by atoms with Crippen LogP contribution in [0.3, 0.4) is 0 Å². The molecule has 1 heteroatoms. The molecule has 0 bridgehead atoms. The van der Waals surface area contributed by atoms with Gasteiger partial charge in [0.05, 0.1) is 0 Å². The van der Waals surface area contributed by atoms with E-state index in [2.05, 4.69) is 68.6 Å². The molecular weight excluding hydrogens is 248 g/mol. The lowest BCUT2D eigenvalue weighted by molar-refractivity contribution is 0.869. The Kier molecular flexibility index (Phi) is 3.16. The summed E-state index contributed by atoms with van der Waals surface area (Å²) in [5.41, 5.74) is 4.07. The molecule has 0 unspecified atom stereocenters. The minimum atomic E-state index is 0.587. The predicted molar refractivity (Wildman–Crippen MR) is 86.1 cm³/mol. The Morgan fingerprint density at radius 1 is 0.895 bits per heavy atom. The van der Waals surface area contributed by atoms with Crippen molar-refractivity contribution < 1.29 is 0 Å². The summed E-state index contributed by atoms with van der Waals surface area (Å²) in [7, 11) is 0. The summed E-state index contributed by atoms with van der Waals surface area (Å²) in [5.74, 6) is 0.587. The van der Waals surface area contributed by atoms with Crippen LogP contribution in [0.1, 0.15) is 30.9 Å². The first-order chi connectivity index (χ1) is 9.13. The highest BCUT2D eigenvalue weighted by Crippen LogP contribution is 2.30. The van der Waals surface area contributed by atoms with Gasteiger partial charge >= 0.3 is 0 Å². The summed E-state index contributed by atoms with van der Waals surface area (Å²) in [6.07, 6.45) is 0. The third kappa shape index (κ3) is 2.43. The van der Waals surface area contributed by atoms with Gasteiger partial charge in [-0.25, -0.2) is 0 Å². The Balaban J connectivity index is 2.09. The van der Waals surface area contributed by atoms with E-state index in [9.17, 15) is 0 Å². The van der Waals surface area contributed by atoms with E-state index in [0.717, 1.165) is 0 Å². The topological polar surface area (TPSA) is 0 Å². The van der Waals surface area contributed by atoms with Crippen molar-refractivity contribution in [1.82, 2.24) is 0 Å². The number of hydrogen-bond donors (Lipinski definition) is 0. The lowest BCUT2D eigenvalue weighted by Crippen LogP contribution is -1.86. The van der Waals surface area contributed by atoms with Gasteiger partial charge in [-0.3, -0.25) is 0 Å². The molecule has 0 aliphatic carbocycles. The Hall–Kier alpha value is -1.60. The number of hydrogen-bond acceptors (Lipinski definition) is 1. The third-order valence-corrected chi connectivity index (χ3v) is 4.64. The van der Waals surface area contributed by atoms with E-state index in [1.807, 2.05) is 11.3 Å². The largest absolute Gasteiger partial charge is 0.144 e. The maximum atomic E-state index is 2.31. The Morgan fingerprint density at radius 2 is 1.63 bits per heavy atom. The molecule has 0 N–H and O–H groups in total. The smallest absolute Gasteiger partial charge is 0.0345 e. The van der Waals surface area contributed by atoms with Crippen LogP contribution >= 0.6 is 11.3 Å². The maximum absolute atomic E-state index is 2.31. The van der Waals surface area contributed by atoms with E-state index in [-0.39, 0.29) is 0 Å². The Labute approximate surface area is 118 Å². The van der Waals surface area contributed by atoms with Gasteiger partial charge in [0.15, 0.2) is 0 Å². The molecule has 0 saturated carbocycles. The number of rotatable bonds is 2. The quantitative estimate of drug-likeness (QED) is 0.533. The molecule has 0 saturated heterocycles. The number of aryl methyl sites for hydroxylation is 1. The van der Waals surface area contributed by atoms with Gasteiger partial charge in [-0.05, 0) is 57.8 Å². The second-order valence-corrected chi connectivity index (χ2v) is 6.38. The normalized spacial score (nSPS) is 11.4. The van der Waals surface area contributed by atoms with Crippen LogP contribution in [-0.4, -0.2) is 0 Å². The van der Waals surface area contributed by atoms with Crippen molar-refractivity contribution in [3.63, 3.8) is 0 Å². The minimum absolute atomic E-state index is 0.587. The highest BCUT2D eigenvalue weighted by Gasteiger charge is 2.04. The average molecular weight is 266 g/mol. The van der Waals surface area contributed by atoms with E-state index in [1.54, 1.807) is 0 Å². The molecule has 1 heterocycles. The van der Waals surface area contributed by atoms with E-state index < -0.39 is 0 Å². The molecule has 0 aliphatic rings. The van der Waals surface area contributed by atoms with E-state index in [0.29, 0.717) is 5.92 Å². The van der Waals surface area contributed by atoms with Crippen molar-refractivity contribution in [2.75, 3.05) is 0 Å². The van der Waals surface area contributed by atoms with Gasteiger partial charge in [0.2, 0.25) is 0 Å². The summed E-state index contributed by atoms with van der Waals surface area (Å²) in [5, 5.41) is 4.87. The summed E-state index contributed by atoms with van der Waals surface area (Å²) in [4.78, 5) is 1.35. The zero-order valence-corrected chi connectivity index (χ0v) is 12.4. The fourth-order valence-corrected chi connectivity index (χ4v) is 3.26. The predicted octanol–water partition coefficient (Wildman–Crippen LogP) is 6.00. The van der Waals surface area contributed by atoms with Gasteiger partial charge in [-0.15, -0.1) is 11.3 Å². The van der Waals surface area contributed by atoms with Gasteiger partial charge < -0.3 is 0 Å². The molecule has 0 radical (unpaired) electrons. The SMILES string of the molecule is Cc1csc(-c2ccc3cc(C(C)C)ccc3c2)c1. The zero-order chi connectivity index (χ0) is 13.4. The van der Waals surface area contributed by atoms with Crippen molar-refractivity contribution >= 4 is 22.1 Å². The van der Waals surface area contributed by atoms with Crippen LogP contribution in [0.4, 0.5) is 0 Å². The zero-order valence-electron chi connectivity index (χ0n) is 11.6. The maximum Gasteiger partial charge on any atom is 0.0345 e. The van der Waals surface area contributed by atoms with Gasteiger partial charge in [-0.1, -0.05) is 44.2 Å². The van der Waals surface area contributed by atoms with E-state index in [4.69, 9.17) is 0 Å². The van der Waals surface area contributed by atoms with Crippen molar-refractivity contribution in [3.8, 4) is 10.4 Å². The van der Waals surface area contributed by atoms with Crippen LogP contribution in [0.2, 0.25) is 0 Å². The third-order valence-electron chi connectivity index (χ3n) is 3.55. The van der Waals surface area contributed by atoms with Crippen LogP contribution < -0.4 is 0 Å². The number of fused-ring (bicyclic) bond motifs is 1. The van der Waals surface area contributed by atoms with Crippen LogP contribution in [0.15, 0.2) is 47.8 Å². The Bertz CT molecular complexity index is 719. The van der Waals surface area contributed by atoms with Crippen molar-refractivity contribution in [2.24, 2.45) is 0 Å². The van der Waals surface area contributed by atoms with Crippen molar-refractivity contribution in [2.45, 2.75) is 26.7 Å². The van der Waals surface area contributed by atoms with Crippen LogP contribution in [0, 0.1) is 6.92 Å². The van der Waals surface area contributed by atoms with Crippen LogP contribution in [-0.2, 0) is 0 Å². The molecule has 0 aliphatic heterocycles. The molecule has 0 fully saturated rings. The summed E-state index contributed by atoms with van der Waals surface area (Å²) >= 11 is 1.82. The lowest BCUT2D eigenvalue weighted by Gasteiger charge is -2.08. The highest BCUT2D eigenvalue weighted by molar-refractivity contribution is 7.13. The van der Waals surface area contributed by atoms with Crippen molar-refractivity contribution in [1.29, 1.82) is 0 Å². The molecule has 96 valence electrons. The first-order valence-corrected chi connectivity index (χ1v) is 7.60. The molecule has 0 nitrogen and oxygen atoms in total. The monoisotopic (exact) mass is 266 g/mol. The molecule has 2 aromatic carbocycles. The van der Waals surface area contributed by atoms with Gasteiger partial charge in [-0.2, -0.15) is 0 Å². The Morgan fingerprint density at radius 3 is 2.32 bits per heavy atom. The first-order valence-electron chi connectivity index (χ1n) is 6.73. The minimum Gasteiger partial charge on any atom is -0.144 e. The van der Waals surface area contributed by atoms with Crippen LogP contribution in [0.5, 0.6) is 0 Å². The molecule has 0 atom stereocenters. The highest BCUT2D eigenvalue weighted by atomic mass is 32.1. The summed E-state index contributed by atoms with van der Waals surface area (Å²) < 4.78 is 0. The van der Waals surface area contributed by atoms with Crippen molar-refractivity contribution in [3.05, 3.63) is 59.0 Å². The standard InChI is InChI=1S/C18H18S/c1-12(2)14-4-5-16-10-17(7-6-15(16)9-14)18-8-13(3)11-19-18/h4-12H,1-3H3. The van der Waals surface area contributed by atoms with Gasteiger partial charge in [0, 0.05) is 4.88 Å². The van der Waals surface area contributed by atoms with E-state index >= 15 is 0 Å². The molecule has 0 amide bonds. The molecule has 3 rings (SSSR count). The lowest BCUT2D eigenvalue weighted by atomic mass is 9.98. The summed E-state index contributed by atoms with van der Waals surface area (Å²) in [6.45, 7) is 6.63. The summed E-state index contributed by atoms with van der Waals surface area (Å²) in [6, 6.07) is 15.8. The fourth-order valence-electron chi connectivity index (χ4n) is 2.36. The second-order valence-electron chi connectivity index (χ2n) is 5.46. The molecule has 3 aromatic rings. The second kappa shape index (κ2) is 4.82. The molecule has 19 heavy (non-hydrogen) atoms. The fraction of sp³-hybridized carbons (Fsp3) is 0.222. The van der Waals surface area contributed by atoms with E-state index in [1.165, 1.54) is 32.3 Å². The van der Waals surface area contributed by atoms with Gasteiger partial charge in [0.1, 0.15) is 0 Å².